The molecule has 0 amide bonds. The largest absolute Gasteiger partial charge is 0.384 e. The zero-order valence-corrected chi connectivity index (χ0v) is 11.8. The molecular weight excluding hydrogens is 220 g/mol. The van der Waals surface area contributed by atoms with Gasteiger partial charge in [-0.25, -0.2) is 0 Å². The van der Waals surface area contributed by atoms with Crippen LogP contribution in [0.15, 0.2) is 24.3 Å². The minimum Gasteiger partial charge on any atom is -0.384 e. The average molecular weight is 246 g/mol. The summed E-state index contributed by atoms with van der Waals surface area (Å²) < 4.78 is 0. The van der Waals surface area contributed by atoms with Crippen molar-refractivity contribution in [1.82, 2.24) is 4.90 Å². The van der Waals surface area contributed by atoms with E-state index in [4.69, 9.17) is 0 Å². The van der Waals surface area contributed by atoms with Gasteiger partial charge in [-0.05, 0) is 44.9 Å². The maximum absolute atomic E-state index is 3.49. The van der Waals surface area contributed by atoms with Crippen LogP contribution in [0.3, 0.4) is 0 Å². The van der Waals surface area contributed by atoms with Gasteiger partial charge in [0.05, 0.1) is 0 Å². The quantitative estimate of drug-likeness (QED) is 0.826. The van der Waals surface area contributed by atoms with Crippen molar-refractivity contribution in [3.05, 3.63) is 29.8 Å². The van der Waals surface area contributed by atoms with E-state index in [9.17, 15) is 0 Å². The maximum Gasteiger partial charge on any atom is 0.0340 e. The summed E-state index contributed by atoms with van der Waals surface area (Å²) in [5.74, 6) is 0.953. The van der Waals surface area contributed by atoms with Crippen LogP contribution in [0, 0.1) is 12.8 Å². The fraction of sp³-hybridized carbons (Fsp3) is 0.625. The molecule has 18 heavy (non-hydrogen) atoms. The Morgan fingerprint density at radius 1 is 1.17 bits per heavy atom. The fourth-order valence-electron chi connectivity index (χ4n) is 2.79. The van der Waals surface area contributed by atoms with E-state index in [1.165, 1.54) is 43.5 Å². The molecule has 2 nitrogen and oxygen atoms in total. The first kappa shape index (κ1) is 13.4. The lowest BCUT2D eigenvalue weighted by Gasteiger charge is -2.21. The van der Waals surface area contributed by atoms with Crippen molar-refractivity contribution in [3.8, 4) is 0 Å². The van der Waals surface area contributed by atoms with Crippen molar-refractivity contribution in [2.75, 3.05) is 32.0 Å². The second-order valence-corrected chi connectivity index (χ2v) is 5.71. The molecule has 1 N–H and O–H groups in total. The molecule has 1 aromatic carbocycles. The summed E-state index contributed by atoms with van der Waals surface area (Å²) in [6.07, 6.45) is 5.77. The molecule has 0 aliphatic heterocycles. The molecule has 0 aromatic heterocycles. The van der Waals surface area contributed by atoms with Gasteiger partial charge >= 0.3 is 0 Å². The van der Waals surface area contributed by atoms with E-state index >= 15 is 0 Å². The monoisotopic (exact) mass is 246 g/mol. The second kappa shape index (κ2) is 6.79. The Bertz CT molecular complexity index is 339. The highest BCUT2D eigenvalue weighted by molar-refractivity contribution is 5.44. The number of likely N-dealkylation sites (N-methyl/N-ethyl adjacent to an activating group) is 1. The molecular formula is C16H26N2. The molecule has 100 valence electrons. The second-order valence-electron chi connectivity index (χ2n) is 5.71. The molecule has 2 heteroatoms. The zero-order chi connectivity index (χ0) is 12.8. The summed E-state index contributed by atoms with van der Waals surface area (Å²) in [4.78, 5) is 2.47. The summed E-state index contributed by atoms with van der Waals surface area (Å²) in [7, 11) is 2.25. The molecule has 1 aromatic rings. The number of rotatable bonds is 6. The van der Waals surface area contributed by atoms with Gasteiger partial charge in [0, 0.05) is 25.3 Å². The fourth-order valence-corrected chi connectivity index (χ4v) is 2.79. The van der Waals surface area contributed by atoms with E-state index in [0.29, 0.717) is 0 Å². The van der Waals surface area contributed by atoms with Gasteiger partial charge in [-0.1, -0.05) is 30.5 Å². The van der Waals surface area contributed by atoms with E-state index in [2.05, 4.69) is 48.5 Å². The molecule has 0 unspecified atom stereocenters. The predicted molar refractivity (Wildman–Crippen MR) is 79.1 cm³/mol. The van der Waals surface area contributed by atoms with E-state index < -0.39 is 0 Å². The molecule has 0 atom stereocenters. The third-order valence-corrected chi connectivity index (χ3v) is 3.92. The van der Waals surface area contributed by atoms with Crippen LogP contribution in [-0.4, -0.2) is 31.6 Å². The van der Waals surface area contributed by atoms with Crippen molar-refractivity contribution >= 4 is 5.69 Å². The molecule has 1 saturated carbocycles. The summed E-state index contributed by atoms with van der Waals surface area (Å²) in [5.41, 5.74) is 2.55. The highest BCUT2D eigenvalue weighted by Gasteiger charge is 2.16. The number of benzene rings is 1. The van der Waals surface area contributed by atoms with Crippen molar-refractivity contribution in [3.63, 3.8) is 0 Å². The van der Waals surface area contributed by atoms with Gasteiger partial charge in [-0.3, -0.25) is 0 Å². The number of hydrogen-bond acceptors (Lipinski definition) is 2. The van der Waals surface area contributed by atoms with Crippen molar-refractivity contribution < 1.29 is 0 Å². The van der Waals surface area contributed by atoms with E-state index in [1.54, 1.807) is 0 Å². The van der Waals surface area contributed by atoms with Crippen molar-refractivity contribution in [1.29, 1.82) is 0 Å². The molecule has 0 saturated heterocycles. The lowest BCUT2D eigenvalue weighted by Crippen LogP contribution is -2.29. The van der Waals surface area contributed by atoms with Gasteiger partial charge in [-0.2, -0.15) is 0 Å². The van der Waals surface area contributed by atoms with Gasteiger partial charge < -0.3 is 10.2 Å². The molecule has 2 rings (SSSR count). The maximum atomic E-state index is 3.49. The number of nitrogens with one attached hydrogen (secondary N) is 1. The third kappa shape index (κ3) is 4.34. The minimum absolute atomic E-state index is 0.953. The minimum atomic E-state index is 0.953. The summed E-state index contributed by atoms with van der Waals surface area (Å²) in [5, 5.41) is 3.49. The SMILES string of the molecule is Cc1ccc(NCCN(C)CC2CCCC2)cc1. The van der Waals surface area contributed by atoms with Gasteiger partial charge in [0.25, 0.3) is 0 Å². The Morgan fingerprint density at radius 2 is 1.83 bits per heavy atom. The highest BCUT2D eigenvalue weighted by Crippen LogP contribution is 2.24. The van der Waals surface area contributed by atoms with Crippen LogP contribution in [0.4, 0.5) is 5.69 Å². The van der Waals surface area contributed by atoms with Gasteiger partial charge in [0.15, 0.2) is 0 Å². The predicted octanol–water partition coefficient (Wildman–Crippen LogP) is 3.53. The number of nitrogens with zero attached hydrogens (tertiary/aromatic N) is 1. The van der Waals surface area contributed by atoms with E-state index in [1.807, 2.05) is 0 Å². The Kier molecular flexibility index (Phi) is 5.06. The molecule has 1 aliphatic carbocycles. The van der Waals surface area contributed by atoms with Crippen LogP contribution in [0.2, 0.25) is 0 Å². The third-order valence-electron chi connectivity index (χ3n) is 3.92. The summed E-state index contributed by atoms with van der Waals surface area (Å²) in [6.45, 7) is 5.56. The summed E-state index contributed by atoms with van der Waals surface area (Å²) in [6, 6.07) is 8.63. The molecule has 0 radical (unpaired) electrons. The molecule has 0 heterocycles. The van der Waals surface area contributed by atoms with Crippen LogP contribution < -0.4 is 5.32 Å². The smallest absolute Gasteiger partial charge is 0.0340 e. The van der Waals surface area contributed by atoms with Crippen LogP contribution in [0.1, 0.15) is 31.2 Å². The van der Waals surface area contributed by atoms with Crippen molar-refractivity contribution in [2.24, 2.45) is 5.92 Å². The standard InChI is InChI=1S/C16H26N2/c1-14-7-9-16(10-8-14)17-11-12-18(2)13-15-5-3-4-6-15/h7-10,15,17H,3-6,11-13H2,1-2H3. The Morgan fingerprint density at radius 3 is 2.50 bits per heavy atom. The van der Waals surface area contributed by atoms with Crippen LogP contribution in [0.5, 0.6) is 0 Å². The molecule has 1 fully saturated rings. The lowest BCUT2D eigenvalue weighted by atomic mass is 10.1. The van der Waals surface area contributed by atoms with Gasteiger partial charge in [0.1, 0.15) is 0 Å². The van der Waals surface area contributed by atoms with E-state index in [0.717, 1.165) is 19.0 Å². The molecule has 1 aliphatic rings. The first-order valence-electron chi connectivity index (χ1n) is 7.23. The first-order valence-corrected chi connectivity index (χ1v) is 7.23. The normalized spacial score (nSPS) is 16.4. The Balaban J connectivity index is 1.63. The van der Waals surface area contributed by atoms with E-state index in [-0.39, 0.29) is 0 Å². The number of hydrogen-bond donors (Lipinski definition) is 1. The number of anilines is 1. The lowest BCUT2D eigenvalue weighted by molar-refractivity contribution is 0.287. The Labute approximate surface area is 111 Å². The van der Waals surface area contributed by atoms with Crippen LogP contribution in [0.25, 0.3) is 0 Å². The van der Waals surface area contributed by atoms with Gasteiger partial charge in [-0.15, -0.1) is 0 Å². The molecule has 0 bridgehead atoms. The van der Waals surface area contributed by atoms with Gasteiger partial charge in [0.2, 0.25) is 0 Å². The Hall–Kier alpha value is -1.02. The zero-order valence-electron chi connectivity index (χ0n) is 11.8. The highest BCUT2D eigenvalue weighted by atomic mass is 15.1. The summed E-state index contributed by atoms with van der Waals surface area (Å²) >= 11 is 0. The topological polar surface area (TPSA) is 15.3 Å². The number of aryl methyl sites for hydroxylation is 1. The van der Waals surface area contributed by atoms with Crippen LogP contribution in [-0.2, 0) is 0 Å². The first-order chi connectivity index (χ1) is 8.74. The average Bonchev–Trinajstić information content (AvgIpc) is 2.84. The van der Waals surface area contributed by atoms with Crippen molar-refractivity contribution in [2.45, 2.75) is 32.6 Å². The molecule has 0 spiro atoms. The van der Waals surface area contributed by atoms with Crippen LogP contribution >= 0.6 is 0 Å².